The Morgan fingerprint density at radius 2 is 1.88 bits per heavy atom. The summed E-state index contributed by atoms with van der Waals surface area (Å²) in [5.74, 6) is 0.179. The predicted octanol–water partition coefficient (Wildman–Crippen LogP) is 3.07. The molecule has 6 nitrogen and oxygen atoms in total. The van der Waals surface area contributed by atoms with Gasteiger partial charge in [0.1, 0.15) is 11.4 Å². The summed E-state index contributed by atoms with van der Waals surface area (Å²) in [5.41, 5.74) is 3.86. The van der Waals surface area contributed by atoms with Crippen molar-refractivity contribution in [3.05, 3.63) is 71.2 Å². The first-order valence-electron chi connectivity index (χ1n) is 7.98. The SMILES string of the molecule is Cc1ccc(C(=O)O)c(N2Cc3cnc(-c4ccccc4)nc3C2)n1. The van der Waals surface area contributed by atoms with E-state index in [1.54, 1.807) is 12.1 Å². The zero-order valence-corrected chi connectivity index (χ0v) is 13.7. The Labute approximate surface area is 144 Å². The summed E-state index contributed by atoms with van der Waals surface area (Å²) in [5, 5.41) is 9.43. The molecule has 0 radical (unpaired) electrons. The van der Waals surface area contributed by atoms with Crippen molar-refractivity contribution in [1.29, 1.82) is 0 Å². The number of carbonyl (C=O) groups is 1. The van der Waals surface area contributed by atoms with Crippen LogP contribution in [0.15, 0.2) is 48.7 Å². The lowest BCUT2D eigenvalue weighted by atomic mass is 10.2. The van der Waals surface area contributed by atoms with Gasteiger partial charge in [-0.1, -0.05) is 30.3 Å². The third kappa shape index (κ3) is 2.82. The Balaban J connectivity index is 1.68. The highest BCUT2D eigenvalue weighted by atomic mass is 16.4. The molecule has 0 amide bonds. The van der Waals surface area contributed by atoms with Crippen LogP contribution < -0.4 is 4.90 Å². The third-order valence-electron chi connectivity index (χ3n) is 4.23. The van der Waals surface area contributed by atoms with Crippen LogP contribution in [0.25, 0.3) is 11.4 Å². The second-order valence-electron chi connectivity index (χ2n) is 6.02. The molecule has 0 spiro atoms. The van der Waals surface area contributed by atoms with Crippen molar-refractivity contribution < 1.29 is 9.90 Å². The van der Waals surface area contributed by atoms with E-state index in [9.17, 15) is 9.90 Å². The summed E-state index contributed by atoms with van der Waals surface area (Å²) in [4.78, 5) is 27.0. The minimum absolute atomic E-state index is 0.203. The van der Waals surface area contributed by atoms with Gasteiger partial charge in [0.15, 0.2) is 5.82 Å². The Kier molecular flexibility index (Phi) is 3.65. The molecular formula is C19H16N4O2. The van der Waals surface area contributed by atoms with Crippen molar-refractivity contribution in [3.63, 3.8) is 0 Å². The third-order valence-corrected chi connectivity index (χ3v) is 4.23. The molecule has 1 aromatic carbocycles. The molecule has 3 heterocycles. The molecule has 1 N–H and O–H groups in total. The second-order valence-corrected chi connectivity index (χ2v) is 6.02. The number of fused-ring (bicyclic) bond motifs is 1. The molecule has 1 aliphatic heterocycles. The normalized spacial score (nSPS) is 12.9. The van der Waals surface area contributed by atoms with Crippen molar-refractivity contribution in [2.75, 3.05) is 4.90 Å². The van der Waals surface area contributed by atoms with E-state index in [0.29, 0.717) is 24.7 Å². The van der Waals surface area contributed by atoms with Gasteiger partial charge in [-0.25, -0.2) is 19.7 Å². The number of carboxylic acids is 1. The van der Waals surface area contributed by atoms with E-state index < -0.39 is 5.97 Å². The van der Waals surface area contributed by atoms with Crippen molar-refractivity contribution >= 4 is 11.8 Å². The molecule has 2 aromatic heterocycles. The number of benzene rings is 1. The van der Waals surface area contributed by atoms with Gasteiger partial charge in [0.2, 0.25) is 0 Å². The number of aromatic carboxylic acids is 1. The van der Waals surface area contributed by atoms with E-state index in [1.807, 2.05) is 48.4 Å². The first-order chi connectivity index (χ1) is 12.1. The Morgan fingerprint density at radius 1 is 1.08 bits per heavy atom. The van der Waals surface area contributed by atoms with Crippen LogP contribution in [0, 0.1) is 6.92 Å². The monoisotopic (exact) mass is 332 g/mol. The fraction of sp³-hybridized carbons (Fsp3) is 0.158. The molecule has 0 bridgehead atoms. The lowest BCUT2D eigenvalue weighted by molar-refractivity contribution is 0.0697. The number of pyridine rings is 1. The minimum atomic E-state index is -0.977. The van der Waals surface area contributed by atoms with Gasteiger partial charge in [0, 0.05) is 29.6 Å². The maximum atomic E-state index is 11.5. The van der Waals surface area contributed by atoms with Crippen molar-refractivity contribution in [2.24, 2.45) is 0 Å². The first kappa shape index (κ1) is 15.3. The van der Waals surface area contributed by atoms with Crippen LogP contribution in [-0.2, 0) is 13.1 Å². The predicted molar refractivity (Wildman–Crippen MR) is 93.3 cm³/mol. The number of hydrogen-bond acceptors (Lipinski definition) is 5. The minimum Gasteiger partial charge on any atom is -0.478 e. The van der Waals surface area contributed by atoms with Gasteiger partial charge in [0.25, 0.3) is 0 Å². The molecule has 0 atom stereocenters. The lowest BCUT2D eigenvalue weighted by Crippen LogP contribution is -2.20. The highest BCUT2D eigenvalue weighted by molar-refractivity contribution is 5.93. The zero-order chi connectivity index (χ0) is 17.4. The molecule has 1 aliphatic rings. The molecule has 0 saturated heterocycles. The molecule has 124 valence electrons. The van der Waals surface area contributed by atoms with Gasteiger partial charge >= 0.3 is 5.97 Å². The van der Waals surface area contributed by atoms with E-state index >= 15 is 0 Å². The maximum Gasteiger partial charge on any atom is 0.339 e. The van der Waals surface area contributed by atoms with E-state index in [4.69, 9.17) is 0 Å². The summed E-state index contributed by atoms with van der Waals surface area (Å²) in [6.07, 6.45) is 1.82. The van der Waals surface area contributed by atoms with Crippen LogP contribution in [0.3, 0.4) is 0 Å². The van der Waals surface area contributed by atoms with Gasteiger partial charge in [-0.2, -0.15) is 0 Å². The van der Waals surface area contributed by atoms with Gasteiger partial charge in [-0.05, 0) is 19.1 Å². The molecule has 0 fully saturated rings. The van der Waals surface area contributed by atoms with Gasteiger partial charge in [-0.15, -0.1) is 0 Å². The highest BCUT2D eigenvalue weighted by Gasteiger charge is 2.26. The summed E-state index contributed by atoms with van der Waals surface area (Å²) < 4.78 is 0. The van der Waals surface area contributed by atoms with E-state index in [-0.39, 0.29) is 5.56 Å². The van der Waals surface area contributed by atoms with E-state index in [2.05, 4.69) is 15.0 Å². The Hall–Kier alpha value is -3.28. The van der Waals surface area contributed by atoms with Crippen LogP contribution in [-0.4, -0.2) is 26.0 Å². The van der Waals surface area contributed by atoms with Crippen molar-refractivity contribution in [1.82, 2.24) is 15.0 Å². The number of aryl methyl sites for hydroxylation is 1. The number of aromatic nitrogens is 3. The molecule has 0 aliphatic carbocycles. The van der Waals surface area contributed by atoms with Crippen LogP contribution >= 0.6 is 0 Å². The zero-order valence-electron chi connectivity index (χ0n) is 13.7. The molecule has 3 aromatic rings. The largest absolute Gasteiger partial charge is 0.478 e. The summed E-state index contributed by atoms with van der Waals surface area (Å²) in [7, 11) is 0. The topological polar surface area (TPSA) is 79.2 Å². The van der Waals surface area contributed by atoms with Gasteiger partial charge < -0.3 is 10.0 Å². The number of hydrogen-bond donors (Lipinski definition) is 1. The second kappa shape index (κ2) is 5.98. The highest BCUT2D eigenvalue weighted by Crippen LogP contribution is 2.29. The Morgan fingerprint density at radius 3 is 2.64 bits per heavy atom. The van der Waals surface area contributed by atoms with Crippen molar-refractivity contribution in [3.8, 4) is 11.4 Å². The number of nitrogens with zero attached hydrogens (tertiary/aromatic N) is 4. The fourth-order valence-electron chi connectivity index (χ4n) is 2.98. The summed E-state index contributed by atoms with van der Waals surface area (Å²) >= 11 is 0. The molecule has 0 saturated carbocycles. The number of rotatable bonds is 3. The first-order valence-corrected chi connectivity index (χ1v) is 7.98. The van der Waals surface area contributed by atoms with Gasteiger partial charge in [0.05, 0.1) is 12.2 Å². The smallest absolute Gasteiger partial charge is 0.339 e. The standard InChI is InChI=1S/C19H16N4O2/c1-12-7-8-15(19(24)25)18(21-12)23-10-14-9-20-17(22-16(14)11-23)13-5-3-2-4-6-13/h2-9H,10-11H2,1H3,(H,24,25). The van der Waals surface area contributed by atoms with Gasteiger partial charge in [-0.3, -0.25) is 0 Å². The molecule has 4 rings (SSSR count). The van der Waals surface area contributed by atoms with E-state index in [0.717, 1.165) is 22.5 Å². The molecule has 6 heteroatoms. The lowest BCUT2D eigenvalue weighted by Gasteiger charge is -2.18. The summed E-state index contributed by atoms with van der Waals surface area (Å²) in [6.45, 7) is 2.93. The maximum absolute atomic E-state index is 11.5. The quantitative estimate of drug-likeness (QED) is 0.794. The number of anilines is 1. The van der Waals surface area contributed by atoms with Crippen LogP contribution in [0.4, 0.5) is 5.82 Å². The Bertz CT molecular complexity index is 957. The van der Waals surface area contributed by atoms with Crippen LogP contribution in [0.2, 0.25) is 0 Å². The van der Waals surface area contributed by atoms with Crippen LogP contribution in [0.1, 0.15) is 27.3 Å². The van der Waals surface area contributed by atoms with Crippen molar-refractivity contribution in [2.45, 2.75) is 20.0 Å². The number of carboxylic acid groups (broad SMARTS) is 1. The van der Waals surface area contributed by atoms with E-state index in [1.165, 1.54) is 0 Å². The molecular weight excluding hydrogens is 316 g/mol. The fourth-order valence-corrected chi connectivity index (χ4v) is 2.98. The molecule has 0 unspecified atom stereocenters. The molecule has 25 heavy (non-hydrogen) atoms. The average Bonchev–Trinajstić information content (AvgIpc) is 3.05. The summed E-state index contributed by atoms with van der Waals surface area (Å²) in [6, 6.07) is 13.1. The van der Waals surface area contributed by atoms with Crippen LogP contribution in [0.5, 0.6) is 0 Å². The average molecular weight is 332 g/mol.